The summed E-state index contributed by atoms with van der Waals surface area (Å²) >= 11 is 6.17. The number of nitrogens with zero attached hydrogens (tertiary/aromatic N) is 9. The van der Waals surface area contributed by atoms with Crippen LogP contribution in [0.5, 0.6) is 0 Å². The lowest BCUT2D eigenvalue weighted by Gasteiger charge is -2.38. The second-order valence-corrected chi connectivity index (χ2v) is 29.4. The Balaban J connectivity index is 0.000000186. The fraction of sp³-hybridized carbons (Fsp3) is 0.586. The van der Waals surface area contributed by atoms with Crippen LogP contribution >= 0.6 is 11.6 Å². The van der Waals surface area contributed by atoms with Gasteiger partial charge in [0.05, 0.1) is 11.1 Å². The van der Waals surface area contributed by atoms with Gasteiger partial charge in [0.1, 0.15) is 34.2 Å². The number of hydrogen-bond acceptors (Lipinski definition) is 16. The normalized spacial score (nSPS) is 22.0. The Morgan fingerprint density at radius 1 is 0.566 bits per heavy atom. The molecule has 4 bridgehead atoms. The molecule has 2 atom stereocenters. The predicted molar refractivity (Wildman–Crippen MR) is 323 cm³/mol. The van der Waals surface area contributed by atoms with Crippen molar-refractivity contribution < 1.29 is 36.0 Å². The van der Waals surface area contributed by atoms with Gasteiger partial charge in [-0.1, -0.05) is 65.3 Å². The summed E-state index contributed by atoms with van der Waals surface area (Å²) in [5.41, 5.74) is 0.190. The summed E-state index contributed by atoms with van der Waals surface area (Å²) in [6.45, 7) is 27.1. The minimum Gasteiger partial charge on any atom is -0.370 e. The fourth-order valence-corrected chi connectivity index (χ4v) is 13.3. The lowest BCUT2D eigenvalue weighted by Crippen LogP contribution is -2.45. The van der Waals surface area contributed by atoms with Gasteiger partial charge in [-0.15, -0.1) is 0 Å². The van der Waals surface area contributed by atoms with E-state index in [0.717, 1.165) is 83.8 Å². The van der Waals surface area contributed by atoms with Gasteiger partial charge in [-0.25, -0.2) is 39.0 Å². The van der Waals surface area contributed by atoms with E-state index in [1.165, 1.54) is 24.3 Å². The highest BCUT2D eigenvalue weighted by Gasteiger charge is 2.44. The maximum Gasteiger partial charge on any atom is 0.325 e. The average Bonchev–Trinajstić information content (AvgIpc) is 3.41. The van der Waals surface area contributed by atoms with E-state index in [-0.39, 0.29) is 67.0 Å². The Morgan fingerprint density at radius 3 is 1.53 bits per heavy atom. The highest BCUT2D eigenvalue weighted by atomic mass is 35.5. The van der Waals surface area contributed by atoms with Crippen molar-refractivity contribution in [3.8, 4) is 0 Å². The number of fused-ring (bicyclic) bond motifs is 10. The third-order valence-electron chi connectivity index (χ3n) is 15.9. The molecule has 4 saturated heterocycles. The highest BCUT2D eigenvalue weighted by Crippen LogP contribution is 2.43. The van der Waals surface area contributed by atoms with Gasteiger partial charge in [0.25, 0.3) is 31.9 Å². The molecule has 83 heavy (non-hydrogen) atoms. The van der Waals surface area contributed by atoms with Gasteiger partial charge in [-0.2, -0.15) is 16.8 Å². The van der Waals surface area contributed by atoms with E-state index in [0.29, 0.717) is 67.2 Å². The average molecular weight is 1200 g/mol. The van der Waals surface area contributed by atoms with Gasteiger partial charge >= 0.3 is 12.1 Å². The number of carbonyl (C=O) groups is 4. The minimum atomic E-state index is -4.24. The summed E-state index contributed by atoms with van der Waals surface area (Å²) in [6, 6.07) is 15.8. The van der Waals surface area contributed by atoms with Crippen molar-refractivity contribution >= 4 is 84.6 Å². The minimum absolute atomic E-state index is 0.0949. The SMILES string of the molecule is CC(C)(C)CCN1CCN(c2ccc3c(n2)N2C(CCCNc4cccc(n4)S(=O)(=O)NC3=O)CCC2(C)C)C1=O.CC(C)(C)CCN1CCNC1=O.CC1(C)CCC2CCCNc3cccc(n3)S(=O)(=O)NC(=O)c3ccc(Cl)nc3N21. The van der Waals surface area contributed by atoms with Crippen LogP contribution in [-0.4, -0.2) is 146 Å². The summed E-state index contributed by atoms with van der Waals surface area (Å²) < 4.78 is 56.3. The van der Waals surface area contributed by atoms with Crippen molar-refractivity contribution in [3.63, 3.8) is 0 Å². The third-order valence-corrected chi connectivity index (χ3v) is 18.6. The molecule has 4 fully saturated rings. The molecule has 0 saturated carbocycles. The maximum atomic E-state index is 13.6. The number of halogens is 1. The molecule has 5 N–H and O–H groups in total. The molecular weight excluding hydrogens is 1120 g/mol. The number of nitrogens with one attached hydrogen (secondary N) is 5. The van der Waals surface area contributed by atoms with Gasteiger partial charge in [-0.05, 0) is 151 Å². The maximum absolute atomic E-state index is 13.6. The van der Waals surface area contributed by atoms with Crippen LogP contribution in [0.15, 0.2) is 70.7 Å². The first-order chi connectivity index (χ1) is 38.9. The van der Waals surface area contributed by atoms with Gasteiger partial charge in [0, 0.05) is 75.5 Å². The van der Waals surface area contributed by atoms with E-state index in [4.69, 9.17) is 16.6 Å². The Kier molecular flexibility index (Phi) is 18.8. The summed E-state index contributed by atoms with van der Waals surface area (Å²) in [5, 5.41) is 8.97. The van der Waals surface area contributed by atoms with Gasteiger partial charge in [0.15, 0.2) is 10.1 Å². The van der Waals surface area contributed by atoms with Crippen molar-refractivity contribution in [2.45, 2.75) is 167 Å². The number of pyridine rings is 4. The zero-order chi connectivity index (χ0) is 60.3. The molecule has 6 aliphatic rings. The predicted octanol–water partition coefficient (Wildman–Crippen LogP) is 8.88. The van der Waals surface area contributed by atoms with Crippen LogP contribution in [0.1, 0.15) is 154 Å². The summed E-state index contributed by atoms with van der Waals surface area (Å²) in [4.78, 5) is 78.6. The highest BCUT2D eigenvalue weighted by molar-refractivity contribution is 7.90. The molecule has 22 nitrogen and oxygen atoms in total. The number of urea groups is 2. The first kappa shape index (κ1) is 62.5. The molecule has 25 heteroatoms. The van der Waals surface area contributed by atoms with E-state index in [1.807, 2.05) is 9.80 Å². The molecule has 10 rings (SSSR count). The number of aromatic nitrogens is 4. The number of hydrogen-bond donors (Lipinski definition) is 5. The second kappa shape index (κ2) is 25.0. The van der Waals surface area contributed by atoms with Gasteiger partial charge in [-0.3, -0.25) is 14.5 Å². The Bertz CT molecular complexity index is 3280. The molecule has 4 aromatic heterocycles. The Morgan fingerprint density at radius 2 is 1.05 bits per heavy atom. The molecule has 4 aromatic rings. The molecule has 0 radical (unpaired) electrons. The standard InChI is InChI=1S/C29H41N7O4S.C20H24ClN5O3S.C9H18N2O/c1-28(2,3)15-17-34-18-19-35(27(34)38)23-12-11-21-25(32-23)36-20(13-14-29(36,4)5)8-7-16-30-22-9-6-10-24(31-22)41(39,40)33-26(21)37;1-20(2)11-10-13-5-4-12-22-16-6-3-7-17(24-16)30(28,29)25-19(27)14-8-9-15(21)23-18(14)26(13)20;1-9(2,3)4-6-11-7-5-10-8(11)12/h6,9-12,20H,7-8,13-19H2,1-5H3,(H,30,31)(H,33,37);3,6-9,13H,4-5,10-12H2,1-2H3,(H,22,24)(H,25,27);4-7H2,1-3H3,(H,10,12). The van der Waals surface area contributed by atoms with Crippen LogP contribution in [0.2, 0.25) is 5.15 Å². The molecule has 0 aliphatic carbocycles. The van der Waals surface area contributed by atoms with Crippen molar-refractivity contribution in [1.82, 2.24) is 44.5 Å². The number of sulfonamides is 2. The van der Waals surface area contributed by atoms with Crippen molar-refractivity contribution in [1.29, 1.82) is 0 Å². The smallest absolute Gasteiger partial charge is 0.325 e. The number of rotatable bonds is 5. The first-order valence-electron chi connectivity index (χ1n) is 28.8. The van der Waals surface area contributed by atoms with E-state index in [2.05, 4.69) is 119 Å². The van der Waals surface area contributed by atoms with E-state index >= 15 is 0 Å². The Labute approximate surface area is 494 Å². The Hall–Kier alpha value is -6.53. The lowest BCUT2D eigenvalue weighted by molar-refractivity contribution is 0.0972. The van der Waals surface area contributed by atoms with Gasteiger partial charge in [0.2, 0.25) is 0 Å². The lowest BCUT2D eigenvalue weighted by atomic mass is 9.92. The summed E-state index contributed by atoms with van der Waals surface area (Å²) in [6.07, 6.45) is 9.07. The molecule has 6 aliphatic heterocycles. The first-order valence-corrected chi connectivity index (χ1v) is 32.2. The van der Waals surface area contributed by atoms with E-state index < -0.39 is 31.9 Å². The van der Waals surface area contributed by atoms with Crippen LogP contribution in [0.4, 0.5) is 38.7 Å². The molecule has 2 unspecified atom stereocenters. The number of carbonyl (C=O) groups excluding carboxylic acids is 4. The fourth-order valence-electron chi connectivity index (χ4n) is 11.3. The van der Waals surface area contributed by atoms with Crippen LogP contribution in [0.3, 0.4) is 0 Å². The summed E-state index contributed by atoms with van der Waals surface area (Å²) in [5.74, 6) is 0.635. The molecule has 0 spiro atoms. The van der Waals surface area contributed by atoms with Crippen LogP contribution < -0.4 is 40.1 Å². The monoisotopic (exact) mass is 1200 g/mol. The molecular formula is C58H83ClN14O8S2. The van der Waals surface area contributed by atoms with Crippen molar-refractivity contribution in [3.05, 3.63) is 76.9 Å². The second-order valence-electron chi connectivity index (χ2n) is 25.8. The zero-order valence-corrected chi connectivity index (χ0v) is 52.0. The molecule has 6 amide bonds. The van der Waals surface area contributed by atoms with Crippen molar-refractivity contribution in [2.75, 3.05) is 77.7 Å². The third kappa shape index (κ3) is 15.4. The van der Waals surface area contributed by atoms with Crippen LogP contribution in [0, 0.1) is 10.8 Å². The topological polar surface area (TPSA) is 264 Å². The van der Waals surface area contributed by atoms with Gasteiger partial charge < -0.3 is 35.6 Å². The van der Waals surface area contributed by atoms with E-state index in [1.54, 1.807) is 41.3 Å². The quantitative estimate of drug-likeness (QED) is 0.117. The number of amides is 6. The van der Waals surface area contributed by atoms with Crippen molar-refractivity contribution in [2.24, 2.45) is 10.8 Å². The van der Waals surface area contributed by atoms with E-state index in [9.17, 15) is 36.0 Å². The largest absolute Gasteiger partial charge is 0.370 e. The number of anilines is 5. The van der Waals surface area contributed by atoms with Crippen LogP contribution in [0.25, 0.3) is 0 Å². The van der Waals surface area contributed by atoms with Crippen LogP contribution in [-0.2, 0) is 20.0 Å². The molecule has 452 valence electrons. The summed E-state index contributed by atoms with van der Waals surface area (Å²) in [7, 11) is -8.39. The molecule has 10 heterocycles. The molecule has 0 aromatic carbocycles. The zero-order valence-electron chi connectivity index (χ0n) is 49.6.